The van der Waals surface area contributed by atoms with Crippen molar-refractivity contribution in [1.29, 1.82) is 0 Å². The Bertz CT molecular complexity index is 1240. The molecule has 3 heterocycles. The lowest BCUT2D eigenvalue weighted by Crippen LogP contribution is -2.34. The van der Waals surface area contributed by atoms with Crippen LogP contribution in [0.2, 0.25) is 0 Å². The van der Waals surface area contributed by atoms with Crippen LogP contribution in [-0.4, -0.2) is 25.6 Å². The largest absolute Gasteiger partial charge is 0.361 e. The molecule has 0 aliphatic heterocycles. The van der Waals surface area contributed by atoms with Crippen molar-refractivity contribution in [3.8, 4) is 0 Å². The smallest absolute Gasteiger partial charge is 0.275 e. The van der Waals surface area contributed by atoms with Crippen molar-refractivity contribution in [2.45, 2.75) is 6.54 Å². The fourth-order valence-electron chi connectivity index (χ4n) is 3.07. The fraction of sp³-hybridized carbons (Fsp3) is 0.105. The van der Waals surface area contributed by atoms with E-state index in [1.165, 1.54) is 6.07 Å². The Morgan fingerprint density at radius 2 is 2.00 bits per heavy atom. The second-order valence-electron chi connectivity index (χ2n) is 6.07. The second-order valence-corrected chi connectivity index (χ2v) is 7.39. The summed E-state index contributed by atoms with van der Waals surface area (Å²) in [5, 5.41) is 6.42. The van der Waals surface area contributed by atoms with Gasteiger partial charge in [0.1, 0.15) is 22.7 Å². The highest BCUT2D eigenvalue weighted by Crippen LogP contribution is 2.18. The summed E-state index contributed by atoms with van der Waals surface area (Å²) in [5.74, 6) is 0.235. The van der Waals surface area contributed by atoms with E-state index >= 15 is 0 Å². The quantitative estimate of drug-likeness (QED) is 0.457. The Morgan fingerprint density at radius 3 is 2.79 bits per heavy atom. The topological polar surface area (TPSA) is 63.4 Å². The van der Waals surface area contributed by atoms with E-state index in [4.69, 9.17) is 12.2 Å². The van der Waals surface area contributed by atoms with E-state index in [0.29, 0.717) is 40.6 Å². The van der Waals surface area contributed by atoms with Gasteiger partial charge in [0.05, 0.1) is 5.52 Å². The molecule has 0 spiro atoms. The normalized spacial score (nSPS) is 11.1. The first-order valence-electron chi connectivity index (χ1n) is 8.49. The number of thiocarbonyl (C=S) groups is 1. The number of nitrogens with zero attached hydrogens (tertiary/aromatic N) is 3. The monoisotopic (exact) mass is 459 g/mol. The minimum absolute atomic E-state index is 0.182. The van der Waals surface area contributed by atoms with Gasteiger partial charge in [-0.25, -0.2) is 9.37 Å². The molecule has 0 bridgehead atoms. The highest BCUT2D eigenvalue weighted by molar-refractivity contribution is 9.10. The van der Waals surface area contributed by atoms with E-state index < -0.39 is 0 Å². The molecule has 3 aromatic heterocycles. The maximum Gasteiger partial charge on any atom is 0.275 e. The molecule has 0 fully saturated rings. The summed E-state index contributed by atoms with van der Waals surface area (Å²) >= 11 is 8.60. The number of hydrogen-bond donors (Lipinski definition) is 2. The van der Waals surface area contributed by atoms with E-state index in [9.17, 15) is 9.18 Å². The Hall–Kier alpha value is -2.78. The first-order chi connectivity index (χ1) is 13.5. The predicted octanol–water partition coefficient (Wildman–Crippen LogP) is 3.54. The van der Waals surface area contributed by atoms with Crippen LogP contribution in [0, 0.1) is 5.82 Å². The van der Waals surface area contributed by atoms with Crippen LogP contribution in [0.25, 0.3) is 16.6 Å². The van der Waals surface area contributed by atoms with E-state index in [-0.39, 0.29) is 11.4 Å². The molecule has 28 heavy (non-hydrogen) atoms. The molecular formula is C19H15BrFN5OS. The molecule has 6 nitrogen and oxygen atoms in total. The van der Waals surface area contributed by atoms with Crippen LogP contribution >= 0.6 is 28.1 Å². The molecule has 142 valence electrons. The van der Waals surface area contributed by atoms with Crippen LogP contribution in [0.1, 0.15) is 0 Å². The standard InChI is InChI=1S/C19H15BrFN5OS/c20-12-6-7-16(23-11-12)24-19(28)22-8-10-26-14-4-1-3-13(21)17(14)25-9-2-5-15(25)18(26)27/h1-7,9,11H,8,10H2,(H2,22,23,24,28). The Balaban J connectivity index is 1.55. The van der Waals surface area contributed by atoms with E-state index in [1.54, 1.807) is 51.7 Å². The second kappa shape index (κ2) is 7.69. The third kappa shape index (κ3) is 3.50. The van der Waals surface area contributed by atoms with E-state index in [1.807, 2.05) is 6.07 Å². The van der Waals surface area contributed by atoms with Gasteiger partial charge in [0.15, 0.2) is 5.11 Å². The predicted molar refractivity (Wildman–Crippen MR) is 115 cm³/mol. The lowest BCUT2D eigenvalue weighted by atomic mass is 10.2. The number of aromatic nitrogens is 3. The highest BCUT2D eigenvalue weighted by atomic mass is 79.9. The Kier molecular flexibility index (Phi) is 5.10. The SMILES string of the molecule is O=c1c2cccn2c2c(F)cccc2n1CCNC(=S)Nc1ccc(Br)cn1. The van der Waals surface area contributed by atoms with Gasteiger partial charge in [-0.05, 0) is 64.5 Å². The van der Waals surface area contributed by atoms with Crippen LogP contribution in [0.3, 0.4) is 0 Å². The molecule has 0 aliphatic carbocycles. The molecule has 0 amide bonds. The van der Waals surface area contributed by atoms with Crippen LogP contribution < -0.4 is 16.2 Å². The van der Waals surface area contributed by atoms with Crippen molar-refractivity contribution < 1.29 is 4.39 Å². The summed E-state index contributed by atoms with van der Waals surface area (Å²) in [6, 6.07) is 11.8. The molecule has 0 aliphatic rings. The third-order valence-corrected chi connectivity index (χ3v) is 5.02. The fourth-order valence-corrected chi connectivity index (χ4v) is 3.51. The number of hydrogen-bond acceptors (Lipinski definition) is 3. The molecule has 0 radical (unpaired) electrons. The molecule has 4 aromatic rings. The average molecular weight is 460 g/mol. The van der Waals surface area contributed by atoms with Crippen LogP contribution in [0.15, 0.2) is 64.1 Å². The van der Waals surface area contributed by atoms with Gasteiger partial charge in [0.25, 0.3) is 5.56 Å². The maximum absolute atomic E-state index is 14.4. The van der Waals surface area contributed by atoms with Gasteiger partial charge in [0, 0.05) is 30.0 Å². The van der Waals surface area contributed by atoms with Crippen molar-refractivity contribution in [2.24, 2.45) is 0 Å². The van der Waals surface area contributed by atoms with Gasteiger partial charge in [-0.15, -0.1) is 0 Å². The molecule has 1 aromatic carbocycles. The number of para-hydroxylation sites is 1. The molecule has 2 N–H and O–H groups in total. The number of pyridine rings is 1. The summed E-state index contributed by atoms with van der Waals surface area (Å²) in [7, 11) is 0. The minimum Gasteiger partial charge on any atom is -0.361 e. The molecule has 9 heteroatoms. The first-order valence-corrected chi connectivity index (χ1v) is 9.69. The summed E-state index contributed by atoms with van der Waals surface area (Å²) < 4.78 is 18.4. The number of nitrogens with one attached hydrogen (secondary N) is 2. The van der Waals surface area contributed by atoms with Gasteiger partial charge in [-0.2, -0.15) is 0 Å². The van der Waals surface area contributed by atoms with Gasteiger partial charge >= 0.3 is 0 Å². The number of fused-ring (bicyclic) bond motifs is 3. The Labute approximate surface area is 173 Å². The highest BCUT2D eigenvalue weighted by Gasteiger charge is 2.13. The van der Waals surface area contributed by atoms with Gasteiger partial charge in [0.2, 0.25) is 0 Å². The van der Waals surface area contributed by atoms with E-state index in [0.717, 1.165) is 4.47 Å². The summed E-state index contributed by atoms with van der Waals surface area (Å²) in [5.41, 5.74) is 1.15. The molecule has 0 saturated carbocycles. The molecule has 0 unspecified atom stereocenters. The zero-order valence-corrected chi connectivity index (χ0v) is 16.9. The van der Waals surface area contributed by atoms with E-state index in [2.05, 4.69) is 31.5 Å². The zero-order chi connectivity index (χ0) is 19.7. The van der Waals surface area contributed by atoms with Gasteiger partial charge < -0.3 is 19.6 Å². The van der Waals surface area contributed by atoms with Crippen molar-refractivity contribution in [3.05, 3.63) is 75.5 Å². The van der Waals surface area contributed by atoms with Gasteiger partial charge in [-0.1, -0.05) is 6.07 Å². The third-order valence-electron chi connectivity index (χ3n) is 4.30. The maximum atomic E-state index is 14.4. The number of halogens is 2. The molecule has 0 saturated heterocycles. The molecule has 4 rings (SSSR count). The minimum atomic E-state index is -0.376. The van der Waals surface area contributed by atoms with Gasteiger partial charge in [-0.3, -0.25) is 4.79 Å². The summed E-state index contributed by atoms with van der Waals surface area (Å²) in [6.45, 7) is 0.723. The van der Waals surface area contributed by atoms with Crippen molar-refractivity contribution in [3.63, 3.8) is 0 Å². The van der Waals surface area contributed by atoms with Crippen LogP contribution in [0.5, 0.6) is 0 Å². The van der Waals surface area contributed by atoms with Crippen molar-refractivity contribution in [2.75, 3.05) is 11.9 Å². The number of anilines is 1. The number of rotatable bonds is 4. The molecule has 0 atom stereocenters. The molecular weight excluding hydrogens is 445 g/mol. The summed E-state index contributed by atoms with van der Waals surface area (Å²) in [4.78, 5) is 17.0. The average Bonchev–Trinajstić information content (AvgIpc) is 3.16. The van der Waals surface area contributed by atoms with Crippen LogP contribution in [0.4, 0.5) is 10.2 Å². The first kappa shape index (κ1) is 18.6. The number of benzene rings is 1. The lowest BCUT2D eigenvalue weighted by molar-refractivity contribution is 0.629. The van der Waals surface area contributed by atoms with Crippen molar-refractivity contribution >= 4 is 55.6 Å². The lowest BCUT2D eigenvalue weighted by Gasteiger charge is -2.14. The summed E-state index contributed by atoms with van der Waals surface area (Å²) in [6.07, 6.45) is 3.35. The zero-order valence-electron chi connectivity index (χ0n) is 14.5. The Morgan fingerprint density at radius 1 is 1.18 bits per heavy atom. The van der Waals surface area contributed by atoms with Crippen LogP contribution in [-0.2, 0) is 6.54 Å². The van der Waals surface area contributed by atoms with Crippen molar-refractivity contribution in [1.82, 2.24) is 19.3 Å².